The SMILES string of the molecule is CCn1cc(NC(=O)[C@H](C)n2cc(Br)c(C)n2)c(C(=O)NC)n1. The molecule has 2 N–H and O–H groups in total. The standard InChI is InChI=1S/C14H19BrN6O2/c1-5-20-7-11(12(19-20)14(23)16-4)17-13(22)9(3)21-6-10(15)8(2)18-21/h6-7,9H,5H2,1-4H3,(H,16,23)(H,17,22)/t9-/m0/s1. The smallest absolute Gasteiger partial charge is 0.273 e. The molecule has 2 aromatic heterocycles. The van der Waals surface area contributed by atoms with Crippen LogP contribution in [0.2, 0.25) is 0 Å². The Labute approximate surface area is 142 Å². The molecule has 0 saturated heterocycles. The summed E-state index contributed by atoms with van der Waals surface area (Å²) in [5.41, 5.74) is 1.37. The minimum atomic E-state index is -0.525. The van der Waals surface area contributed by atoms with Gasteiger partial charge in [-0.2, -0.15) is 10.2 Å². The van der Waals surface area contributed by atoms with Crippen molar-refractivity contribution in [1.29, 1.82) is 0 Å². The summed E-state index contributed by atoms with van der Waals surface area (Å²) < 4.78 is 4.00. The van der Waals surface area contributed by atoms with Gasteiger partial charge >= 0.3 is 0 Å². The van der Waals surface area contributed by atoms with Crippen LogP contribution in [0.25, 0.3) is 0 Å². The van der Waals surface area contributed by atoms with Crippen LogP contribution in [0.1, 0.15) is 36.1 Å². The molecule has 0 aromatic carbocycles. The average Bonchev–Trinajstić information content (AvgIpc) is 3.09. The van der Waals surface area contributed by atoms with E-state index in [2.05, 4.69) is 36.8 Å². The Morgan fingerprint density at radius 1 is 1.35 bits per heavy atom. The number of nitrogens with zero attached hydrogens (tertiary/aromatic N) is 4. The van der Waals surface area contributed by atoms with E-state index in [0.717, 1.165) is 10.2 Å². The van der Waals surface area contributed by atoms with Gasteiger partial charge < -0.3 is 10.6 Å². The minimum absolute atomic E-state index is 0.188. The lowest BCUT2D eigenvalue weighted by Crippen LogP contribution is -2.26. The summed E-state index contributed by atoms with van der Waals surface area (Å²) in [4.78, 5) is 24.3. The summed E-state index contributed by atoms with van der Waals surface area (Å²) in [6.07, 6.45) is 3.38. The summed E-state index contributed by atoms with van der Waals surface area (Å²) >= 11 is 3.37. The normalized spacial score (nSPS) is 12.0. The highest BCUT2D eigenvalue weighted by Gasteiger charge is 2.22. The summed E-state index contributed by atoms with van der Waals surface area (Å²) in [6.45, 7) is 6.08. The highest BCUT2D eigenvalue weighted by molar-refractivity contribution is 9.10. The molecule has 0 bridgehead atoms. The van der Waals surface area contributed by atoms with Crippen molar-refractivity contribution in [3.05, 3.63) is 28.3 Å². The number of hydrogen-bond acceptors (Lipinski definition) is 4. The molecule has 2 aromatic rings. The fourth-order valence-corrected chi connectivity index (χ4v) is 2.27. The van der Waals surface area contributed by atoms with Crippen molar-refractivity contribution in [3.63, 3.8) is 0 Å². The van der Waals surface area contributed by atoms with Crippen LogP contribution < -0.4 is 10.6 Å². The van der Waals surface area contributed by atoms with Crippen molar-refractivity contribution >= 4 is 33.4 Å². The molecule has 0 unspecified atom stereocenters. The van der Waals surface area contributed by atoms with Crippen molar-refractivity contribution in [2.24, 2.45) is 0 Å². The van der Waals surface area contributed by atoms with Crippen LogP contribution in [0.4, 0.5) is 5.69 Å². The average molecular weight is 383 g/mol. The molecule has 0 aliphatic rings. The fraction of sp³-hybridized carbons (Fsp3) is 0.429. The first kappa shape index (κ1) is 17.2. The Hall–Kier alpha value is -2.16. The summed E-state index contributed by atoms with van der Waals surface area (Å²) in [6, 6.07) is -0.525. The molecule has 0 fully saturated rings. The van der Waals surface area contributed by atoms with Gasteiger partial charge in [-0.05, 0) is 36.7 Å². The summed E-state index contributed by atoms with van der Waals surface area (Å²) in [5.74, 6) is -0.626. The van der Waals surface area contributed by atoms with E-state index in [0.29, 0.717) is 12.2 Å². The van der Waals surface area contributed by atoms with E-state index in [-0.39, 0.29) is 17.5 Å². The van der Waals surface area contributed by atoms with E-state index >= 15 is 0 Å². The molecular weight excluding hydrogens is 364 g/mol. The maximum atomic E-state index is 12.4. The van der Waals surface area contributed by atoms with E-state index in [1.54, 1.807) is 28.7 Å². The zero-order valence-electron chi connectivity index (χ0n) is 13.4. The lowest BCUT2D eigenvalue weighted by Gasteiger charge is -2.12. The molecule has 0 aliphatic carbocycles. The monoisotopic (exact) mass is 382 g/mol. The Balaban J connectivity index is 2.22. The predicted octanol–water partition coefficient (Wildman–Crippen LogP) is 1.73. The quantitative estimate of drug-likeness (QED) is 0.822. The summed E-state index contributed by atoms with van der Waals surface area (Å²) in [7, 11) is 1.52. The van der Waals surface area contributed by atoms with Crippen LogP contribution in [0.5, 0.6) is 0 Å². The fourth-order valence-electron chi connectivity index (χ4n) is 1.98. The Kier molecular flexibility index (Phi) is 5.19. The second-order valence-electron chi connectivity index (χ2n) is 5.03. The van der Waals surface area contributed by atoms with Crippen LogP contribution in [-0.2, 0) is 11.3 Å². The molecule has 23 heavy (non-hydrogen) atoms. The molecule has 1 atom stereocenters. The van der Waals surface area contributed by atoms with Gasteiger partial charge in [-0.25, -0.2) is 0 Å². The number of amides is 2. The Morgan fingerprint density at radius 2 is 2.04 bits per heavy atom. The second-order valence-corrected chi connectivity index (χ2v) is 5.89. The third-order valence-electron chi connectivity index (χ3n) is 3.42. The number of anilines is 1. The molecule has 2 rings (SSSR count). The van der Waals surface area contributed by atoms with Crippen molar-refractivity contribution in [2.75, 3.05) is 12.4 Å². The van der Waals surface area contributed by atoms with E-state index < -0.39 is 6.04 Å². The van der Waals surface area contributed by atoms with Gasteiger partial charge in [0, 0.05) is 26.0 Å². The number of nitrogens with one attached hydrogen (secondary N) is 2. The number of carbonyl (C=O) groups excluding carboxylic acids is 2. The molecule has 0 aliphatic heterocycles. The third kappa shape index (κ3) is 3.61. The third-order valence-corrected chi connectivity index (χ3v) is 4.20. The number of carbonyl (C=O) groups is 2. The van der Waals surface area contributed by atoms with Gasteiger partial charge in [0.2, 0.25) is 5.91 Å². The first-order valence-electron chi connectivity index (χ1n) is 7.19. The van der Waals surface area contributed by atoms with Gasteiger partial charge in [-0.3, -0.25) is 19.0 Å². The predicted molar refractivity (Wildman–Crippen MR) is 89.3 cm³/mol. The molecule has 124 valence electrons. The second kappa shape index (κ2) is 6.95. The van der Waals surface area contributed by atoms with Gasteiger partial charge in [0.1, 0.15) is 6.04 Å². The number of rotatable bonds is 5. The number of hydrogen-bond donors (Lipinski definition) is 2. The summed E-state index contributed by atoms with van der Waals surface area (Å²) in [5, 5.41) is 13.7. The van der Waals surface area contributed by atoms with Gasteiger partial charge in [0.25, 0.3) is 5.91 Å². The van der Waals surface area contributed by atoms with E-state index in [1.165, 1.54) is 7.05 Å². The van der Waals surface area contributed by atoms with Crippen LogP contribution in [0, 0.1) is 6.92 Å². The lowest BCUT2D eigenvalue weighted by molar-refractivity contribution is -0.119. The molecule has 8 nitrogen and oxygen atoms in total. The maximum Gasteiger partial charge on any atom is 0.273 e. The van der Waals surface area contributed by atoms with Crippen molar-refractivity contribution < 1.29 is 9.59 Å². The highest BCUT2D eigenvalue weighted by atomic mass is 79.9. The van der Waals surface area contributed by atoms with Crippen LogP contribution >= 0.6 is 15.9 Å². The lowest BCUT2D eigenvalue weighted by atomic mass is 10.3. The number of halogens is 1. The number of aryl methyl sites for hydroxylation is 2. The molecule has 0 saturated carbocycles. The molecule has 2 amide bonds. The molecule has 9 heteroatoms. The number of aromatic nitrogens is 4. The van der Waals surface area contributed by atoms with E-state index in [1.807, 2.05) is 13.8 Å². The first-order chi connectivity index (χ1) is 10.9. The van der Waals surface area contributed by atoms with Gasteiger partial charge in [0.15, 0.2) is 5.69 Å². The van der Waals surface area contributed by atoms with Gasteiger partial charge in [-0.15, -0.1) is 0 Å². The van der Waals surface area contributed by atoms with Crippen LogP contribution in [0.15, 0.2) is 16.9 Å². The zero-order chi connectivity index (χ0) is 17.1. The van der Waals surface area contributed by atoms with Gasteiger partial charge in [0.05, 0.1) is 15.9 Å². The van der Waals surface area contributed by atoms with Crippen molar-refractivity contribution in [3.8, 4) is 0 Å². The van der Waals surface area contributed by atoms with Crippen LogP contribution in [0.3, 0.4) is 0 Å². The Bertz CT molecular complexity index is 716. The molecule has 0 radical (unpaired) electrons. The molecular formula is C14H19BrN6O2. The van der Waals surface area contributed by atoms with Crippen LogP contribution in [-0.4, -0.2) is 38.4 Å². The van der Waals surface area contributed by atoms with E-state index in [4.69, 9.17) is 0 Å². The largest absolute Gasteiger partial charge is 0.354 e. The van der Waals surface area contributed by atoms with Crippen molar-refractivity contribution in [2.45, 2.75) is 33.4 Å². The zero-order valence-corrected chi connectivity index (χ0v) is 15.0. The molecule has 0 spiro atoms. The van der Waals surface area contributed by atoms with Crippen molar-refractivity contribution in [1.82, 2.24) is 24.9 Å². The maximum absolute atomic E-state index is 12.4. The topological polar surface area (TPSA) is 93.8 Å². The minimum Gasteiger partial charge on any atom is -0.354 e. The van der Waals surface area contributed by atoms with E-state index in [9.17, 15) is 9.59 Å². The molecule has 2 heterocycles. The first-order valence-corrected chi connectivity index (χ1v) is 7.98. The highest BCUT2D eigenvalue weighted by Crippen LogP contribution is 2.19. The Morgan fingerprint density at radius 3 is 2.57 bits per heavy atom. The van der Waals surface area contributed by atoms with Gasteiger partial charge in [-0.1, -0.05) is 0 Å².